The number of nitrogens with zero attached hydrogens (tertiary/aromatic N) is 1. The van der Waals surface area contributed by atoms with Crippen molar-refractivity contribution in [1.82, 2.24) is 4.31 Å². The number of carbonyl (C=O) groups excluding carboxylic acids is 1. The summed E-state index contributed by atoms with van der Waals surface area (Å²) in [6.07, 6.45) is 0. The zero-order valence-electron chi connectivity index (χ0n) is 13.7. The third-order valence-electron chi connectivity index (χ3n) is 3.64. The molecule has 0 spiro atoms. The lowest BCUT2D eigenvalue weighted by molar-refractivity contribution is -0.128. The normalized spacial score (nSPS) is 17.0. The quantitative estimate of drug-likeness (QED) is 0.815. The number of ketones is 1. The monoisotopic (exact) mass is 341 g/mol. The Bertz CT molecular complexity index is 640. The lowest BCUT2D eigenvalue weighted by atomic mass is 9.91. The standard InChI is InChI=1S/C16H23NO5S/c1-16(2,3)15(18)12-22-13-4-6-14(7-5-13)23(19,20)17-8-10-21-11-9-17/h4-7H,8-12H2,1-3H3. The number of Topliss-reactive ketones (excluding diaryl/α,β-unsaturated/α-hetero) is 1. The predicted molar refractivity (Wildman–Crippen MR) is 86.0 cm³/mol. The first-order valence-electron chi connectivity index (χ1n) is 7.55. The van der Waals surface area contributed by atoms with E-state index in [4.69, 9.17) is 9.47 Å². The summed E-state index contributed by atoms with van der Waals surface area (Å²) in [6, 6.07) is 6.15. The molecule has 0 bridgehead atoms. The Kier molecular flexibility index (Phi) is 5.44. The summed E-state index contributed by atoms with van der Waals surface area (Å²) in [5.74, 6) is 0.464. The van der Waals surface area contributed by atoms with E-state index in [0.717, 1.165) is 0 Å². The largest absolute Gasteiger partial charge is 0.486 e. The molecule has 1 aromatic carbocycles. The molecular formula is C16H23NO5S. The first-order valence-corrected chi connectivity index (χ1v) is 8.99. The Morgan fingerprint density at radius 3 is 2.26 bits per heavy atom. The molecule has 1 aromatic rings. The van der Waals surface area contributed by atoms with Crippen molar-refractivity contribution in [3.05, 3.63) is 24.3 Å². The van der Waals surface area contributed by atoms with E-state index in [1.54, 1.807) is 12.1 Å². The lowest BCUT2D eigenvalue weighted by Crippen LogP contribution is -2.40. The van der Waals surface area contributed by atoms with Crippen LogP contribution in [0.4, 0.5) is 0 Å². The highest BCUT2D eigenvalue weighted by Gasteiger charge is 2.26. The molecule has 23 heavy (non-hydrogen) atoms. The van der Waals surface area contributed by atoms with Crippen LogP contribution in [0.3, 0.4) is 0 Å². The van der Waals surface area contributed by atoms with Crippen molar-refractivity contribution in [2.45, 2.75) is 25.7 Å². The second-order valence-corrected chi connectivity index (χ2v) is 8.39. The van der Waals surface area contributed by atoms with E-state index in [1.165, 1.54) is 16.4 Å². The molecule has 1 heterocycles. The van der Waals surface area contributed by atoms with E-state index in [0.29, 0.717) is 32.1 Å². The van der Waals surface area contributed by atoms with Gasteiger partial charge in [-0.15, -0.1) is 0 Å². The van der Waals surface area contributed by atoms with Gasteiger partial charge in [-0.25, -0.2) is 8.42 Å². The molecule has 0 N–H and O–H groups in total. The summed E-state index contributed by atoms with van der Waals surface area (Å²) in [5.41, 5.74) is -0.459. The number of carbonyl (C=O) groups is 1. The van der Waals surface area contributed by atoms with Gasteiger partial charge in [-0.1, -0.05) is 20.8 Å². The number of hydrogen-bond acceptors (Lipinski definition) is 5. The first kappa shape index (κ1) is 17.9. The maximum absolute atomic E-state index is 12.5. The van der Waals surface area contributed by atoms with E-state index >= 15 is 0 Å². The van der Waals surface area contributed by atoms with Gasteiger partial charge in [0.05, 0.1) is 18.1 Å². The van der Waals surface area contributed by atoms with E-state index in [1.807, 2.05) is 20.8 Å². The number of morpholine rings is 1. The molecule has 7 heteroatoms. The Morgan fingerprint density at radius 1 is 1.17 bits per heavy atom. The minimum Gasteiger partial charge on any atom is -0.486 e. The van der Waals surface area contributed by atoms with Crippen LogP contribution in [-0.2, 0) is 19.6 Å². The molecule has 0 aliphatic carbocycles. The Hall–Kier alpha value is -1.44. The van der Waals surface area contributed by atoms with E-state index in [-0.39, 0.29) is 17.3 Å². The summed E-state index contributed by atoms with van der Waals surface area (Å²) in [7, 11) is -3.50. The molecular weight excluding hydrogens is 318 g/mol. The van der Waals surface area contributed by atoms with Crippen molar-refractivity contribution in [3.63, 3.8) is 0 Å². The molecule has 0 unspecified atom stereocenters. The van der Waals surface area contributed by atoms with Gasteiger partial charge in [0.2, 0.25) is 10.0 Å². The maximum atomic E-state index is 12.5. The van der Waals surface area contributed by atoms with Gasteiger partial charge in [-0.2, -0.15) is 4.31 Å². The molecule has 1 aliphatic heterocycles. The van der Waals surface area contributed by atoms with E-state index in [9.17, 15) is 13.2 Å². The van der Waals surface area contributed by atoms with Gasteiger partial charge in [0.1, 0.15) is 12.4 Å². The molecule has 0 aromatic heterocycles. The second-order valence-electron chi connectivity index (χ2n) is 6.45. The van der Waals surface area contributed by atoms with Crippen molar-refractivity contribution in [3.8, 4) is 5.75 Å². The fraction of sp³-hybridized carbons (Fsp3) is 0.562. The van der Waals surface area contributed by atoms with Gasteiger partial charge in [-0.3, -0.25) is 4.79 Å². The smallest absolute Gasteiger partial charge is 0.243 e. The third-order valence-corrected chi connectivity index (χ3v) is 5.55. The van der Waals surface area contributed by atoms with Crippen LogP contribution >= 0.6 is 0 Å². The number of rotatable bonds is 5. The Labute approximate surface area is 137 Å². The van der Waals surface area contributed by atoms with Crippen LogP contribution in [-0.4, -0.2) is 51.4 Å². The van der Waals surface area contributed by atoms with Gasteiger partial charge in [-0.05, 0) is 24.3 Å². The molecule has 0 amide bonds. The molecule has 0 radical (unpaired) electrons. The minimum atomic E-state index is -3.50. The van der Waals surface area contributed by atoms with Crippen LogP contribution in [0.15, 0.2) is 29.2 Å². The molecule has 128 valence electrons. The van der Waals surface area contributed by atoms with E-state index in [2.05, 4.69) is 0 Å². The summed E-state index contributed by atoms with van der Waals surface area (Å²) >= 11 is 0. The third kappa shape index (κ3) is 4.53. The molecule has 2 rings (SSSR count). The van der Waals surface area contributed by atoms with Crippen molar-refractivity contribution in [2.24, 2.45) is 5.41 Å². The van der Waals surface area contributed by atoms with Gasteiger partial charge in [0, 0.05) is 18.5 Å². The van der Waals surface area contributed by atoms with Gasteiger partial charge in [0.15, 0.2) is 5.78 Å². The van der Waals surface area contributed by atoms with Crippen LogP contribution in [0.1, 0.15) is 20.8 Å². The average Bonchev–Trinajstić information content (AvgIpc) is 2.53. The Balaban J connectivity index is 2.03. The highest BCUT2D eigenvalue weighted by Crippen LogP contribution is 2.21. The first-order chi connectivity index (χ1) is 10.7. The van der Waals surface area contributed by atoms with Crippen molar-refractivity contribution < 1.29 is 22.7 Å². The Morgan fingerprint density at radius 2 is 1.74 bits per heavy atom. The average molecular weight is 341 g/mol. The minimum absolute atomic E-state index is 0.0116. The number of ether oxygens (including phenoxy) is 2. The van der Waals surface area contributed by atoms with Crippen LogP contribution in [0, 0.1) is 5.41 Å². The SMILES string of the molecule is CC(C)(C)C(=O)COc1ccc(S(=O)(=O)N2CCOCC2)cc1. The fourth-order valence-corrected chi connectivity index (χ4v) is 3.42. The summed E-state index contributed by atoms with van der Waals surface area (Å²) in [4.78, 5) is 12.0. The molecule has 1 aliphatic rings. The van der Waals surface area contributed by atoms with Gasteiger partial charge < -0.3 is 9.47 Å². The summed E-state index contributed by atoms with van der Waals surface area (Å²) in [5, 5.41) is 0. The molecule has 0 saturated carbocycles. The number of sulfonamides is 1. The van der Waals surface area contributed by atoms with Crippen LogP contribution < -0.4 is 4.74 Å². The fourth-order valence-electron chi connectivity index (χ4n) is 2.01. The zero-order chi connectivity index (χ0) is 17.1. The van der Waals surface area contributed by atoms with Crippen molar-refractivity contribution in [2.75, 3.05) is 32.9 Å². The highest BCUT2D eigenvalue weighted by molar-refractivity contribution is 7.89. The highest BCUT2D eigenvalue weighted by atomic mass is 32.2. The number of hydrogen-bond donors (Lipinski definition) is 0. The topological polar surface area (TPSA) is 72.9 Å². The van der Waals surface area contributed by atoms with Crippen molar-refractivity contribution >= 4 is 15.8 Å². The van der Waals surface area contributed by atoms with Crippen LogP contribution in [0.25, 0.3) is 0 Å². The van der Waals surface area contributed by atoms with E-state index < -0.39 is 15.4 Å². The summed E-state index contributed by atoms with van der Waals surface area (Å²) < 4.78 is 37.0. The van der Waals surface area contributed by atoms with Crippen molar-refractivity contribution in [1.29, 1.82) is 0 Å². The molecule has 6 nitrogen and oxygen atoms in total. The molecule has 0 atom stereocenters. The van der Waals surface area contributed by atoms with Gasteiger partial charge >= 0.3 is 0 Å². The zero-order valence-corrected chi connectivity index (χ0v) is 14.6. The van der Waals surface area contributed by atoms with Gasteiger partial charge in [0.25, 0.3) is 0 Å². The number of benzene rings is 1. The molecule has 1 saturated heterocycles. The second kappa shape index (κ2) is 6.98. The molecule has 1 fully saturated rings. The maximum Gasteiger partial charge on any atom is 0.243 e. The van der Waals surface area contributed by atoms with Crippen LogP contribution in [0.5, 0.6) is 5.75 Å². The van der Waals surface area contributed by atoms with Crippen LogP contribution in [0.2, 0.25) is 0 Å². The lowest BCUT2D eigenvalue weighted by Gasteiger charge is -2.26. The summed E-state index contributed by atoms with van der Waals surface area (Å²) in [6.45, 7) is 7.01. The predicted octanol–water partition coefficient (Wildman–Crippen LogP) is 1.70.